The number of hydrogen-bond acceptors (Lipinski definition) is 5. The van der Waals surface area contributed by atoms with Crippen molar-refractivity contribution < 1.29 is 19.1 Å². The maximum Gasteiger partial charge on any atom is 0.243 e. The zero-order chi connectivity index (χ0) is 18.5. The largest absolute Gasteiger partial charge is 0.454 e. The predicted molar refractivity (Wildman–Crippen MR) is 105 cm³/mol. The van der Waals surface area contributed by atoms with E-state index in [1.807, 2.05) is 31.2 Å². The van der Waals surface area contributed by atoms with Crippen molar-refractivity contribution in [2.45, 2.75) is 19.8 Å². The molecule has 0 atom stereocenters. The van der Waals surface area contributed by atoms with Crippen molar-refractivity contribution in [2.24, 2.45) is 0 Å². The number of halogens is 1. The van der Waals surface area contributed by atoms with Gasteiger partial charge in [-0.1, -0.05) is 29.8 Å². The first-order valence-corrected chi connectivity index (χ1v) is 8.32. The molecule has 8 heteroatoms. The van der Waals surface area contributed by atoms with Crippen LogP contribution in [0.3, 0.4) is 0 Å². The fourth-order valence-electron chi connectivity index (χ4n) is 2.54. The highest BCUT2D eigenvalue weighted by molar-refractivity contribution is 5.97. The Morgan fingerprint density at radius 3 is 2.44 bits per heavy atom. The number of nitrogens with two attached hydrogens (primary N) is 1. The number of nitrogen functional groups attached to an aromatic ring is 1. The third-order valence-electron chi connectivity index (χ3n) is 4.03. The van der Waals surface area contributed by atoms with E-state index < -0.39 is 0 Å². The number of carbonyl (C=O) groups is 2. The molecule has 1 aliphatic heterocycles. The minimum absolute atomic E-state index is 0. The van der Waals surface area contributed by atoms with Gasteiger partial charge in [0, 0.05) is 18.6 Å². The van der Waals surface area contributed by atoms with E-state index in [1.54, 1.807) is 12.1 Å². The third kappa shape index (κ3) is 5.52. The molecule has 0 spiro atoms. The summed E-state index contributed by atoms with van der Waals surface area (Å²) in [5, 5.41) is 5.27. The lowest BCUT2D eigenvalue weighted by Crippen LogP contribution is -2.33. The van der Waals surface area contributed by atoms with Crippen LogP contribution < -0.4 is 25.8 Å². The van der Waals surface area contributed by atoms with Crippen molar-refractivity contribution in [1.82, 2.24) is 5.32 Å². The molecule has 4 N–H and O–H groups in total. The van der Waals surface area contributed by atoms with E-state index in [-0.39, 0.29) is 37.6 Å². The molecule has 2 aromatic carbocycles. The normalized spacial score (nSPS) is 11.4. The van der Waals surface area contributed by atoms with Gasteiger partial charge in [0.05, 0.1) is 17.9 Å². The van der Waals surface area contributed by atoms with E-state index in [1.165, 1.54) is 5.56 Å². The van der Waals surface area contributed by atoms with E-state index in [9.17, 15) is 9.59 Å². The summed E-state index contributed by atoms with van der Waals surface area (Å²) in [7, 11) is 0. The van der Waals surface area contributed by atoms with E-state index in [2.05, 4.69) is 10.6 Å². The molecule has 3 rings (SSSR count). The molecule has 27 heavy (non-hydrogen) atoms. The molecule has 2 amide bonds. The molecular formula is C19H22ClN3O4. The zero-order valence-electron chi connectivity index (χ0n) is 14.9. The highest BCUT2D eigenvalue weighted by atomic mass is 35.5. The van der Waals surface area contributed by atoms with Crippen molar-refractivity contribution in [3.8, 4) is 11.5 Å². The Morgan fingerprint density at radius 2 is 1.74 bits per heavy atom. The highest BCUT2D eigenvalue weighted by Crippen LogP contribution is 2.38. The molecule has 0 saturated heterocycles. The summed E-state index contributed by atoms with van der Waals surface area (Å²) in [5.74, 6) is 0.528. The van der Waals surface area contributed by atoms with Crippen LogP contribution in [0.25, 0.3) is 0 Å². The maximum absolute atomic E-state index is 12.0. The van der Waals surface area contributed by atoms with Gasteiger partial charge in [-0.2, -0.15) is 0 Å². The monoisotopic (exact) mass is 391 g/mol. The van der Waals surface area contributed by atoms with Crippen LogP contribution in [0, 0.1) is 6.92 Å². The number of benzene rings is 2. The molecule has 7 nitrogen and oxygen atoms in total. The molecule has 0 unspecified atom stereocenters. The van der Waals surface area contributed by atoms with Crippen molar-refractivity contribution in [2.75, 3.05) is 24.4 Å². The number of rotatable bonds is 6. The Kier molecular flexibility index (Phi) is 6.90. The van der Waals surface area contributed by atoms with Crippen LogP contribution in [0.4, 0.5) is 11.4 Å². The van der Waals surface area contributed by atoms with Crippen LogP contribution in [-0.4, -0.2) is 25.2 Å². The molecule has 0 aromatic heterocycles. The van der Waals surface area contributed by atoms with Crippen molar-refractivity contribution in [3.05, 3.63) is 47.5 Å². The second-order valence-electron chi connectivity index (χ2n) is 6.10. The molecule has 0 saturated carbocycles. The number of amides is 2. The lowest BCUT2D eigenvalue weighted by molar-refractivity contribution is -0.124. The van der Waals surface area contributed by atoms with Crippen molar-refractivity contribution >= 4 is 35.6 Å². The smallest absolute Gasteiger partial charge is 0.243 e. The van der Waals surface area contributed by atoms with Crippen LogP contribution >= 0.6 is 12.4 Å². The minimum Gasteiger partial charge on any atom is -0.454 e. The van der Waals surface area contributed by atoms with Gasteiger partial charge in [-0.15, -0.1) is 12.4 Å². The lowest BCUT2D eigenvalue weighted by atomic mass is 10.1. The average Bonchev–Trinajstić information content (AvgIpc) is 3.07. The predicted octanol–water partition coefficient (Wildman–Crippen LogP) is 2.42. The quantitative estimate of drug-likeness (QED) is 0.656. The summed E-state index contributed by atoms with van der Waals surface area (Å²) in [6.45, 7) is 2.02. The standard InChI is InChI=1S/C19H21N3O4.ClH/c1-12-2-4-13(5-3-12)6-7-18(23)21-10-19(24)22-15-9-17-16(8-14(15)20)25-11-26-17;/h2-5,8-9H,6-7,10-11,20H2,1H3,(H,21,23)(H,22,24);1H. The summed E-state index contributed by atoms with van der Waals surface area (Å²) < 4.78 is 10.5. The van der Waals surface area contributed by atoms with Gasteiger partial charge in [-0.3, -0.25) is 9.59 Å². The Morgan fingerprint density at radius 1 is 1.07 bits per heavy atom. The Bertz CT molecular complexity index is 824. The fourth-order valence-corrected chi connectivity index (χ4v) is 2.54. The van der Waals surface area contributed by atoms with Gasteiger partial charge in [-0.25, -0.2) is 0 Å². The Hall–Kier alpha value is -2.93. The van der Waals surface area contributed by atoms with E-state index in [4.69, 9.17) is 15.2 Å². The first-order valence-electron chi connectivity index (χ1n) is 8.32. The first-order chi connectivity index (χ1) is 12.5. The summed E-state index contributed by atoms with van der Waals surface area (Å²) in [6, 6.07) is 11.2. The number of hydrogen-bond donors (Lipinski definition) is 3. The van der Waals surface area contributed by atoms with Gasteiger partial charge in [0.1, 0.15) is 0 Å². The number of anilines is 2. The molecule has 0 radical (unpaired) electrons. The molecule has 1 aliphatic rings. The summed E-state index contributed by atoms with van der Waals surface area (Å²) >= 11 is 0. The van der Waals surface area contributed by atoms with Gasteiger partial charge in [-0.05, 0) is 18.9 Å². The maximum atomic E-state index is 12.0. The molecule has 144 valence electrons. The summed E-state index contributed by atoms with van der Waals surface area (Å²) in [4.78, 5) is 23.9. The first kappa shape index (κ1) is 20.4. The number of ether oxygens (including phenoxy) is 2. The van der Waals surface area contributed by atoms with E-state index in [0.29, 0.717) is 35.7 Å². The van der Waals surface area contributed by atoms with Gasteiger partial charge in [0.2, 0.25) is 18.6 Å². The molecule has 1 heterocycles. The van der Waals surface area contributed by atoms with Crippen LogP contribution in [0.2, 0.25) is 0 Å². The van der Waals surface area contributed by atoms with Crippen LogP contribution in [0.15, 0.2) is 36.4 Å². The van der Waals surface area contributed by atoms with Crippen LogP contribution in [0.1, 0.15) is 17.5 Å². The van der Waals surface area contributed by atoms with E-state index >= 15 is 0 Å². The second kappa shape index (κ2) is 9.14. The fraction of sp³-hybridized carbons (Fsp3) is 0.263. The molecule has 0 bridgehead atoms. The average molecular weight is 392 g/mol. The minimum atomic E-state index is -0.362. The molecular weight excluding hydrogens is 370 g/mol. The Labute approximate surface area is 163 Å². The van der Waals surface area contributed by atoms with Gasteiger partial charge >= 0.3 is 0 Å². The second-order valence-corrected chi connectivity index (χ2v) is 6.10. The molecule has 2 aromatic rings. The van der Waals surface area contributed by atoms with Crippen LogP contribution in [-0.2, 0) is 16.0 Å². The van der Waals surface area contributed by atoms with Gasteiger partial charge in [0.25, 0.3) is 0 Å². The molecule has 0 fully saturated rings. The van der Waals surface area contributed by atoms with Crippen molar-refractivity contribution in [3.63, 3.8) is 0 Å². The molecule has 0 aliphatic carbocycles. The lowest BCUT2D eigenvalue weighted by Gasteiger charge is -2.10. The van der Waals surface area contributed by atoms with Gasteiger partial charge in [0.15, 0.2) is 11.5 Å². The number of fused-ring (bicyclic) bond motifs is 1. The highest BCUT2D eigenvalue weighted by Gasteiger charge is 2.17. The Balaban J connectivity index is 0.00000261. The SMILES string of the molecule is Cc1ccc(CCC(=O)NCC(=O)Nc2cc3c(cc2N)OCO3)cc1.Cl. The van der Waals surface area contributed by atoms with Crippen LogP contribution in [0.5, 0.6) is 11.5 Å². The van der Waals surface area contributed by atoms with E-state index in [0.717, 1.165) is 5.56 Å². The number of nitrogens with one attached hydrogen (secondary N) is 2. The summed E-state index contributed by atoms with van der Waals surface area (Å²) in [5.41, 5.74) is 8.94. The number of aryl methyl sites for hydroxylation is 2. The van der Waals surface area contributed by atoms with Crippen molar-refractivity contribution in [1.29, 1.82) is 0 Å². The van der Waals surface area contributed by atoms with Gasteiger partial charge < -0.3 is 25.8 Å². The zero-order valence-corrected chi connectivity index (χ0v) is 15.7. The topological polar surface area (TPSA) is 103 Å². The summed E-state index contributed by atoms with van der Waals surface area (Å²) in [6.07, 6.45) is 0.950. The third-order valence-corrected chi connectivity index (χ3v) is 4.03. The number of carbonyl (C=O) groups excluding carboxylic acids is 2.